The van der Waals surface area contributed by atoms with Crippen LogP contribution in [0.15, 0.2) is 18.5 Å². The summed E-state index contributed by atoms with van der Waals surface area (Å²) in [5.74, 6) is -0.200. The lowest BCUT2D eigenvalue weighted by Crippen LogP contribution is -2.15. The highest BCUT2D eigenvalue weighted by atomic mass is 16.1. The third-order valence-electron chi connectivity index (χ3n) is 2.67. The van der Waals surface area contributed by atoms with Gasteiger partial charge in [-0.1, -0.05) is 6.92 Å². The Hall–Kier alpha value is -2.57. The van der Waals surface area contributed by atoms with Crippen LogP contribution in [-0.4, -0.2) is 20.7 Å². The summed E-state index contributed by atoms with van der Waals surface area (Å²) in [7, 11) is 1.83. The first kappa shape index (κ1) is 12.9. The molecule has 0 spiro atoms. The predicted octanol–water partition coefficient (Wildman–Crippen LogP) is 0.802. The van der Waals surface area contributed by atoms with Gasteiger partial charge in [0.15, 0.2) is 0 Å². The molecule has 0 bridgehead atoms. The summed E-state index contributed by atoms with van der Waals surface area (Å²) in [6, 6.07) is 1.50. The number of nitrogens with one attached hydrogen (secondary N) is 1. The molecule has 100 valence electrons. The highest BCUT2D eigenvalue weighted by Gasteiger charge is 2.13. The SMILES string of the molecule is CCc1nn(C)cc1Nc1ncc(N)cc1C(N)=O. The van der Waals surface area contributed by atoms with Crippen molar-refractivity contribution in [1.29, 1.82) is 0 Å². The van der Waals surface area contributed by atoms with Crippen molar-refractivity contribution in [3.63, 3.8) is 0 Å². The number of pyridine rings is 1. The van der Waals surface area contributed by atoms with E-state index < -0.39 is 5.91 Å². The Bertz CT molecular complexity index is 619. The number of nitrogens with two attached hydrogens (primary N) is 2. The standard InChI is InChI=1S/C12H16N6O/c1-3-9-10(6-18(2)17-9)16-12-8(11(14)19)4-7(13)5-15-12/h4-6H,3,13H2,1-2H3,(H2,14,19)(H,15,16). The Kier molecular flexibility index (Phi) is 3.37. The molecule has 19 heavy (non-hydrogen) atoms. The van der Waals surface area contributed by atoms with Crippen LogP contribution in [0.1, 0.15) is 23.0 Å². The fourth-order valence-electron chi connectivity index (χ4n) is 1.80. The summed E-state index contributed by atoms with van der Waals surface area (Å²) < 4.78 is 1.70. The second kappa shape index (κ2) is 4.97. The summed E-state index contributed by atoms with van der Waals surface area (Å²) in [6.45, 7) is 2.00. The molecule has 0 aliphatic rings. The van der Waals surface area contributed by atoms with E-state index >= 15 is 0 Å². The molecule has 0 saturated heterocycles. The van der Waals surface area contributed by atoms with Crippen molar-refractivity contribution in [2.75, 3.05) is 11.1 Å². The molecule has 2 aromatic rings. The first-order valence-electron chi connectivity index (χ1n) is 5.86. The Morgan fingerprint density at radius 3 is 2.89 bits per heavy atom. The molecule has 0 aliphatic heterocycles. The van der Waals surface area contributed by atoms with Gasteiger partial charge in [0, 0.05) is 13.2 Å². The van der Waals surface area contributed by atoms with Crippen molar-refractivity contribution in [1.82, 2.24) is 14.8 Å². The molecule has 0 aliphatic carbocycles. The third kappa shape index (κ3) is 2.65. The van der Waals surface area contributed by atoms with E-state index in [0.29, 0.717) is 11.5 Å². The molecule has 7 heteroatoms. The zero-order chi connectivity index (χ0) is 14.0. The largest absolute Gasteiger partial charge is 0.397 e. The number of hydrogen-bond acceptors (Lipinski definition) is 5. The van der Waals surface area contributed by atoms with Gasteiger partial charge in [-0.15, -0.1) is 0 Å². The van der Waals surface area contributed by atoms with Crippen LogP contribution in [0, 0.1) is 0 Å². The maximum Gasteiger partial charge on any atom is 0.252 e. The van der Waals surface area contributed by atoms with Crippen molar-refractivity contribution in [2.24, 2.45) is 12.8 Å². The van der Waals surface area contributed by atoms with Crippen molar-refractivity contribution in [3.8, 4) is 0 Å². The Morgan fingerprint density at radius 1 is 1.53 bits per heavy atom. The summed E-state index contributed by atoms with van der Waals surface area (Å²) >= 11 is 0. The second-order valence-electron chi connectivity index (χ2n) is 4.17. The number of primary amides is 1. The van der Waals surface area contributed by atoms with Crippen LogP contribution in [0.4, 0.5) is 17.2 Å². The van der Waals surface area contributed by atoms with Gasteiger partial charge in [-0.25, -0.2) is 4.98 Å². The van der Waals surface area contributed by atoms with Crippen LogP contribution in [0.5, 0.6) is 0 Å². The molecule has 2 rings (SSSR count). The highest BCUT2D eigenvalue weighted by Crippen LogP contribution is 2.22. The van der Waals surface area contributed by atoms with E-state index in [-0.39, 0.29) is 5.56 Å². The monoisotopic (exact) mass is 260 g/mol. The molecule has 7 nitrogen and oxygen atoms in total. The minimum atomic E-state index is -0.579. The van der Waals surface area contributed by atoms with Gasteiger partial charge in [0.2, 0.25) is 0 Å². The van der Waals surface area contributed by atoms with Gasteiger partial charge in [0.25, 0.3) is 5.91 Å². The molecule has 1 amide bonds. The summed E-state index contributed by atoms with van der Waals surface area (Å²) in [5.41, 5.74) is 13.2. The van der Waals surface area contributed by atoms with Crippen LogP contribution >= 0.6 is 0 Å². The number of aryl methyl sites for hydroxylation is 2. The summed E-state index contributed by atoms with van der Waals surface area (Å²) in [6.07, 6.45) is 4.06. The molecule has 2 aromatic heterocycles. The van der Waals surface area contributed by atoms with E-state index in [9.17, 15) is 4.79 Å². The van der Waals surface area contributed by atoms with Crippen LogP contribution in [0.25, 0.3) is 0 Å². The fourth-order valence-corrected chi connectivity index (χ4v) is 1.80. The molecule has 0 aromatic carbocycles. The lowest BCUT2D eigenvalue weighted by molar-refractivity contribution is 0.100. The van der Waals surface area contributed by atoms with E-state index in [1.54, 1.807) is 4.68 Å². The van der Waals surface area contributed by atoms with Crippen LogP contribution in [0.2, 0.25) is 0 Å². The minimum absolute atomic E-state index is 0.255. The number of carbonyl (C=O) groups is 1. The molecular weight excluding hydrogens is 244 g/mol. The van der Waals surface area contributed by atoms with Crippen molar-refractivity contribution >= 4 is 23.1 Å². The average Bonchev–Trinajstić information content (AvgIpc) is 2.71. The zero-order valence-electron chi connectivity index (χ0n) is 10.8. The number of hydrogen-bond donors (Lipinski definition) is 3. The third-order valence-corrected chi connectivity index (χ3v) is 2.67. The topological polar surface area (TPSA) is 112 Å². The lowest BCUT2D eigenvalue weighted by Gasteiger charge is -2.09. The van der Waals surface area contributed by atoms with Crippen molar-refractivity contribution in [3.05, 3.63) is 29.7 Å². The molecule has 0 radical (unpaired) electrons. The molecule has 0 unspecified atom stereocenters. The first-order valence-corrected chi connectivity index (χ1v) is 5.86. The quantitative estimate of drug-likeness (QED) is 0.752. The molecule has 0 saturated carbocycles. The van der Waals surface area contributed by atoms with Gasteiger partial charge in [0.05, 0.1) is 28.8 Å². The second-order valence-corrected chi connectivity index (χ2v) is 4.17. The predicted molar refractivity (Wildman–Crippen MR) is 73.0 cm³/mol. The van der Waals surface area contributed by atoms with Crippen molar-refractivity contribution in [2.45, 2.75) is 13.3 Å². The van der Waals surface area contributed by atoms with Gasteiger partial charge in [0.1, 0.15) is 5.82 Å². The Morgan fingerprint density at radius 2 is 2.26 bits per heavy atom. The van der Waals surface area contributed by atoms with E-state index in [4.69, 9.17) is 11.5 Å². The highest BCUT2D eigenvalue weighted by molar-refractivity contribution is 5.99. The Labute approximate surface area is 110 Å². The molecule has 2 heterocycles. The summed E-state index contributed by atoms with van der Waals surface area (Å²) in [4.78, 5) is 15.5. The maximum absolute atomic E-state index is 11.4. The zero-order valence-corrected chi connectivity index (χ0v) is 10.8. The molecular formula is C12H16N6O. The number of aromatic nitrogens is 3. The van der Waals surface area contributed by atoms with Gasteiger partial charge in [-0.3, -0.25) is 9.48 Å². The smallest absolute Gasteiger partial charge is 0.252 e. The number of nitrogen functional groups attached to an aromatic ring is 1. The van der Waals surface area contributed by atoms with Crippen LogP contribution in [0.3, 0.4) is 0 Å². The Balaban J connectivity index is 2.40. The fraction of sp³-hybridized carbons (Fsp3) is 0.250. The lowest BCUT2D eigenvalue weighted by atomic mass is 10.2. The maximum atomic E-state index is 11.4. The number of carbonyl (C=O) groups excluding carboxylic acids is 1. The number of amides is 1. The van der Waals surface area contributed by atoms with Crippen LogP contribution in [-0.2, 0) is 13.5 Å². The van der Waals surface area contributed by atoms with Gasteiger partial charge in [-0.05, 0) is 12.5 Å². The minimum Gasteiger partial charge on any atom is -0.397 e. The average molecular weight is 260 g/mol. The van der Waals surface area contributed by atoms with E-state index in [2.05, 4.69) is 15.4 Å². The molecule has 5 N–H and O–H groups in total. The van der Waals surface area contributed by atoms with Crippen molar-refractivity contribution < 1.29 is 4.79 Å². The summed E-state index contributed by atoms with van der Waals surface area (Å²) in [5, 5.41) is 7.37. The molecule has 0 atom stereocenters. The van der Waals surface area contributed by atoms with E-state index in [1.807, 2.05) is 20.2 Å². The van der Waals surface area contributed by atoms with Gasteiger partial charge < -0.3 is 16.8 Å². The number of rotatable bonds is 4. The normalized spacial score (nSPS) is 10.4. The molecule has 0 fully saturated rings. The van der Waals surface area contributed by atoms with Crippen LogP contribution < -0.4 is 16.8 Å². The number of nitrogens with zero attached hydrogens (tertiary/aromatic N) is 3. The van der Waals surface area contributed by atoms with E-state index in [0.717, 1.165) is 17.8 Å². The first-order chi connectivity index (χ1) is 9.01. The van der Waals surface area contributed by atoms with E-state index in [1.165, 1.54) is 12.3 Å². The van der Waals surface area contributed by atoms with Gasteiger partial charge in [-0.2, -0.15) is 5.10 Å². The van der Waals surface area contributed by atoms with Gasteiger partial charge >= 0.3 is 0 Å². The number of anilines is 3.